The summed E-state index contributed by atoms with van der Waals surface area (Å²) in [7, 11) is 1.70. The number of hydrogen-bond donors (Lipinski definition) is 2. The van der Waals surface area contributed by atoms with Crippen molar-refractivity contribution in [2.45, 2.75) is 39.8 Å². The van der Waals surface area contributed by atoms with Crippen molar-refractivity contribution in [3.63, 3.8) is 0 Å². The maximum Gasteiger partial charge on any atom is 0.191 e. The summed E-state index contributed by atoms with van der Waals surface area (Å²) < 4.78 is 13.1. The second-order valence-electron chi connectivity index (χ2n) is 7.62. The fourth-order valence-corrected chi connectivity index (χ4v) is 3.56. The number of benzene rings is 2. The van der Waals surface area contributed by atoms with E-state index in [4.69, 9.17) is 14.5 Å². The summed E-state index contributed by atoms with van der Waals surface area (Å²) in [5.74, 6) is 2.75. The standard InChI is InChI=1S/C25H35N5O2/c1-4-26-25(28-19-21-10-7-11-22(18-21)32-17-9-16-31-3)27-14-8-15-30-20(2)29-23-12-5-6-13-24(23)30/h5-7,10-13,18H,4,8-9,14-17,19H2,1-3H3,(H2,26,27,28). The number of ether oxygens (including phenoxy) is 2. The number of nitrogens with one attached hydrogen (secondary N) is 2. The smallest absolute Gasteiger partial charge is 0.191 e. The van der Waals surface area contributed by atoms with Gasteiger partial charge in [0.1, 0.15) is 11.6 Å². The average Bonchev–Trinajstić information content (AvgIpc) is 3.13. The van der Waals surface area contributed by atoms with Crippen LogP contribution in [-0.4, -0.2) is 48.9 Å². The fourth-order valence-electron chi connectivity index (χ4n) is 3.56. The molecule has 0 saturated heterocycles. The van der Waals surface area contributed by atoms with Crippen molar-refractivity contribution < 1.29 is 9.47 Å². The first-order valence-electron chi connectivity index (χ1n) is 11.4. The maximum atomic E-state index is 5.79. The summed E-state index contributed by atoms with van der Waals surface area (Å²) in [4.78, 5) is 9.38. The number of guanidine groups is 1. The molecule has 3 aromatic rings. The lowest BCUT2D eigenvalue weighted by atomic mass is 10.2. The van der Waals surface area contributed by atoms with Gasteiger partial charge in [-0.2, -0.15) is 0 Å². The molecule has 1 aromatic heterocycles. The molecule has 0 unspecified atom stereocenters. The lowest BCUT2D eigenvalue weighted by Gasteiger charge is -2.12. The molecule has 0 bridgehead atoms. The summed E-state index contributed by atoms with van der Waals surface area (Å²) in [5, 5.41) is 6.77. The third kappa shape index (κ3) is 6.99. The maximum absolute atomic E-state index is 5.79. The van der Waals surface area contributed by atoms with Crippen molar-refractivity contribution in [1.29, 1.82) is 0 Å². The number of hydrogen-bond acceptors (Lipinski definition) is 4. The third-order valence-corrected chi connectivity index (χ3v) is 5.12. The van der Waals surface area contributed by atoms with Gasteiger partial charge >= 0.3 is 0 Å². The number of aromatic nitrogens is 2. The average molecular weight is 438 g/mol. The molecular weight excluding hydrogens is 402 g/mol. The molecule has 0 aliphatic heterocycles. The number of fused-ring (bicyclic) bond motifs is 1. The van der Waals surface area contributed by atoms with Gasteiger partial charge in [-0.05, 0) is 50.1 Å². The zero-order chi connectivity index (χ0) is 22.6. The molecule has 172 valence electrons. The molecule has 0 aliphatic rings. The Morgan fingerprint density at radius 3 is 2.78 bits per heavy atom. The minimum Gasteiger partial charge on any atom is -0.493 e. The molecule has 0 fully saturated rings. The number of nitrogens with zero attached hydrogens (tertiary/aromatic N) is 3. The molecule has 0 radical (unpaired) electrons. The lowest BCUT2D eigenvalue weighted by Crippen LogP contribution is -2.38. The number of para-hydroxylation sites is 2. The molecule has 1 heterocycles. The Balaban J connectivity index is 1.50. The van der Waals surface area contributed by atoms with E-state index in [9.17, 15) is 0 Å². The molecule has 7 nitrogen and oxygen atoms in total. The number of methoxy groups -OCH3 is 1. The molecular formula is C25H35N5O2. The van der Waals surface area contributed by atoms with Gasteiger partial charge in [0.05, 0.1) is 24.2 Å². The van der Waals surface area contributed by atoms with Gasteiger partial charge in [-0.3, -0.25) is 0 Å². The largest absolute Gasteiger partial charge is 0.493 e. The van der Waals surface area contributed by atoms with E-state index in [0.29, 0.717) is 19.8 Å². The summed E-state index contributed by atoms with van der Waals surface area (Å²) >= 11 is 0. The van der Waals surface area contributed by atoms with Crippen LogP contribution in [0.2, 0.25) is 0 Å². The number of aryl methyl sites for hydroxylation is 2. The molecule has 2 aromatic carbocycles. The van der Waals surface area contributed by atoms with Gasteiger partial charge in [0.2, 0.25) is 0 Å². The Bertz CT molecular complexity index is 999. The minimum atomic E-state index is 0.593. The van der Waals surface area contributed by atoms with Crippen molar-refractivity contribution >= 4 is 17.0 Å². The molecule has 3 rings (SSSR count). The normalized spacial score (nSPS) is 11.7. The van der Waals surface area contributed by atoms with Gasteiger partial charge in [0.25, 0.3) is 0 Å². The van der Waals surface area contributed by atoms with Gasteiger partial charge in [0.15, 0.2) is 5.96 Å². The first kappa shape index (κ1) is 23.6. The van der Waals surface area contributed by atoms with Gasteiger partial charge in [-0.15, -0.1) is 0 Å². The van der Waals surface area contributed by atoms with Crippen molar-refractivity contribution in [1.82, 2.24) is 20.2 Å². The predicted molar refractivity (Wildman–Crippen MR) is 130 cm³/mol. The Labute approximate surface area is 190 Å². The van der Waals surface area contributed by atoms with Crippen LogP contribution < -0.4 is 15.4 Å². The fraction of sp³-hybridized carbons (Fsp3) is 0.440. The number of aliphatic imine (C=N–C) groups is 1. The highest BCUT2D eigenvalue weighted by Gasteiger charge is 2.06. The molecule has 2 N–H and O–H groups in total. The molecule has 0 aliphatic carbocycles. The molecule has 32 heavy (non-hydrogen) atoms. The molecule has 0 atom stereocenters. The van der Waals surface area contributed by atoms with E-state index >= 15 is 0 Å². The summed E-state index contributed by atoms with van der Waals surface area (Å²) in [6.07, 6.45) is 1.86. The van der Waals surface area contributed by atoms with Gasteiger partial charge < -0.3 is 24.7 Å². The first-order valence-corrected chi connectivity index (χ1v) is 11.4. The van der Waals surface area contributed by atoms with E-state index in [1.807, 2.05) is 24.3 Å². The Morgan fingerprint density at radius 2 is 1.94 bits per heavy atom. The Morgan fingerprint density at radius 1 is 1.06 bits per heavy atom. The SMILES string of the molecule is CCNC(=NCc1cccc(OCCCOC)c1)NCCCn1c(C)nc2ccccc21. The zero-order valence-electron chi connectivity index (χ0n) is 19.4. The highest BCUT2D eigenvalue weighted by Crippen LogP contribution is 2.16. The van der Waals surface area contributed by atoms with Gasteiger partial charge in [0, 0.05) is 39.8 Å². The van der Waals surface area contributed by atoms with Crippen molar-refractivity contribution in [3.8, 4) is 5.75 Å². The van der Waals surface area contributed by atoms with E-state index in [-0.39, 0.29) is 0 Å². The Hall–Kier alpha value is -3.06. The molecule has 0 spiro atoms. The van der Waals surface area contributed by atoms with Crippen LogP contribution in [0.25, 0.3) is 11.0 Å². The van der Waals surface area contributed by atoms with E-state index in [2.05, 4.69) is 58.3 Å². The Kier molecular flexibility index (Phi) is 9.37. The van der Waals surface area contributed by atoms with Gasteiger partial charge in [-0.1, -0.05) is 24.3 Å². The molecule has 7 heteroatoms. The lowest BCUT2D eigenvalue weighted by molar-refractivity contribution is 0.172. The van der Waals surface area contributed by atoms with Crippen molar-refractivity contribution in [2.75, 3.05) is 33.4 Å². The summed E-state index contributed by atoms with van der Waals surface area (Å²) in [5.41, 5.74) is 3.36. The van der Waals surface area contributed by atoms with Crippen LogP contribution in [0.4, 0.5) is 0 Å². The highest BCUT2D eigenvalue weighted by atomic mass is 16.5. The third-order valence-electron chi connectivity index (χ3n) is 5.12. The molecule has 0 saturated carbocycles. The second-order valence-corrected chi connectivity index (χ2v) is 7.62. The van der Waals surface area contributed by atoms with Crippen LogP contribution in [0.15, 0.2) is 53.5 Å². The van der Waals surface area contributed by atoms with E-state index < -0.39 is 0 Å². The minimum absolute atomic E-state index is 0.593. The van der Waals surface area contributed by atoms with Crippen LogP contribution in [0.5, 0.6) is 5.75 Å². The van der Waals surface area contributed by atoms with Crippen LogP contribution >= 0.6 is 0 Å². The van der Waals surface area contributed by atoms with Crippen LogP contribution in [0, 0.1) is 6.92 Å². The monoisotopic (exact) mass is 437 g/mol. The first-order chi connectivity index (χ1) is 15.7. The quantitative estimate of drug-likeness (QED) is 0.255. The van der Waals surface area contributed by atoms with Crippen LogP contribution in [-0.2, 0) is 17.8 Å². The topological polar surface area (TPSA) is 72.7 Å². The molecule has 0 amide bonds. The van der Waals surface area contributed by atoms with E-state index in [1.165, 1.54) is 5.52 Å². The summed E-state index contributed by atoms with van der Waals surface area (Å²) in [6, 6.07) is 16.4. The second kappa shape index (κ2) is 12.7. The van der Waals surface area contributed by atoms with Crippen LogP contribution in [0.1, 0.15) is 31.2 Å². The highest BCUT2D eigenvalue weighted by molar-refractivity contribution is 5.79. The van der Waals surface area contributed by atoms with Gasteiger partial charge in [-0.25, -0.2) is 9.98 Å². The van der Waals surface area contributed by atoms with E-state index in [1.54, 1.807) is 7.11 Å². The number of imidazole rings is 1. The van der Waals surface area contributed by atoms with Crippen LogP contribution in [0.3, 0.4) is 0 Å². The zero-order valence-corrected chi connectivity index (χ0v) is 19.4. The van der Waals surface area contributed by atoms with Crippen molar-refractivity contribution in [2.24, 2.45) is 4.99 Å². The van der Waals surface area contributed by atoms with E-state index in [0.717, 1.165) is 61.1 Å². The summed E-state index contributed by atoms with van der Waals surface area (Å²) in [6.45, 7) is 8.66. The number of rotatable bonds is 12. The predicted octanol–water partition coefficient (Wildman–Crippen LogP) is 3.91. The van der Waals surface area contributed by atoms with Crippen molar-refractivity contribution in [3.05, 3.63) is 59.9 Å².